The van der Waals surface area contributed by atoms with Crippen LogP contribution in [0.1, 0.15) is 23.5 Å². The van der Waals surface area contributed by atoms with Crippen molar-refractivity contribution in [3.05, 3.63) is 74.7 Å². The van der Waals surface area contributed by atoms with E-state index in [2.05, 4.69) is 4.98 Å². The van der Waals surface area contributed by atoms with E-state index in [0.29, 0.717) is 16.3 Å². The molecule has 0 radical (unpaired) electrons. The van der Waals surface area contributed by atoms with Gasteiger partial charge in [-0.1, -0.05) is 29.8 Å². The molecule has 1 aliphatic rings. The molecule has 7 nitrogen and oxygen atoms in total. The number of fused-ring (bicyclic) bond motifs is 2. The van der Waals surface area contributed by atoms with Gasteiger partial charge in [-0.3, -0.25) is 14.0 Å². The van der Waals surface area contributed by atoms with Crippen LogP contribution >= 0.6 is 11.6 Å². The number of pyridine rings is 1. The van der Waals surface area contributed by atoms with Crippen LogP contribution in [0.2, 0.25) is 5.02 Å². The first-order valence-corrected chi connectivity index (χ1v) is 9.25. The summed E-state index contributed by atoms with van der Waals surface area (Å²) in [5.74, 6) is -1.03. The molecule has 1 atom stereocenters. The summed E-state index contributed by atoms with van der Waals surface area (Å²) in [6.07, 6.45) is 3.13. The number of para-hydroxylation sites is 1. The summed E-state index contributed by atoms with van der Waals surface area (Å²) in [6.45, 7) is 0.163. The number of carbonyl (C=O) groups excluding carboxylic acids is 1. The zero-order valence-electron chi connectivity index (χ0n) is 15.5. The maximum atomic E-state index is 13.2. The van der Waals surface area contributed by atoms with E-state index in [1.165, 1.54) is 23.8 Å². The molecule has 148 valence electrons. The summed E-state index contributed by atoms with van der Waals surface area (Å²) in [4.78, 5) is 29.4. The van der Waals surface area contributed by atoms with Gasteiger partial charge in [0.05, 0.1) is 24.1 Å². The molecule has 29 heavy (non-hydrogen) atoms. The summed E-state index contributed by atoms with van der Waals surface area (Å²) in [5.41, 5.74) is 1.20. The molecule has 0 aliphatic carbocycles. The highest BCUT2D eigenvalue weighted by molar-refractivity contribution is 6.30. The lowest BCUT2D eigenvalue weighted by atomic mass is 9.87. The number of esters is 1. The first-order valence-electron chi connectivity index (χ1n) is 8.88. The average Bonchev–Trinajstić information content (AvgIpc) is 2.73. The third kappa shape index (κ3) is 3.56. The Bertz CT molecular complexity index is 1200. The summed E-state index contributed by atoms with van der Waals surface area (Å²) in [7, 11) is 1.27. The van der Waals surface area contributed by atoms with E-state index in [9.17, 15) is 14.7 Å². The Hall–Kier alpha value is -3.32. The van der Waals surface area contributed by atoms with Crippen molar-refractivity contribution in [3.8, 4) is 11.6 Å². The molecule has 0 bridgehead atoms. The van der Waals surface area contributed by atoms with E-state index in [-0.39, 0.29) is 24.2 Å². The van der Waals surface area contributed by atoms with Crippen LogP contribution in [0.5, 0.6) is 11.6 Å². The van der Waals surface area contributed by atoms with Crippen molar-refractivity contribution in [2.45, 2.75) is 12.3 Å². The Balaban J connectivity index is 1.90. The number of nitrogens with zero attached hydrogens (tertiary/aromatic N) is 2. The van der Waals surface area contributed by atoms with Crippen molar-refractivity contribution in [1.82, 2.24) is 9.38 Å². The minimum absolute atomic E-state index is 0.00982. The maximum Gasteiger partial charge on any atom is 0.306 e. The third-order valence-corrected chi connectivity index (χ3v) is 5.07. The Labute approximate surface area is 170 Å². The molecule has 1 N–H and O–H groups in total. The van der Waals surface area contributed by atoms with E-state index in [1.54, 1.807) is 6.07 Å². The highest BCUT2D eigenvalue weighted by Gasteiger charge is 2.30. The quantitative estimate of drug-likeness (QED) is 0.662. The lowest BCUT2D eigenvalue weighted by Crippen LogP contribution is -2.27. The fourth-order valence-electron chi connectivity index (χ4n) is 3.42. The van der Waals surface area contributed by atoms with Gasteiger partial charge in [0.1, 0.15) is 18.0 Å². The zero-order valence-corrected chi connectivity index (χ0v) is 16.2. The van der Waals surface area contributed by atoms with E-state index in [1.807, 2.05) is 30.3 Å². The lowest BCUT2D eigenvalue weighted by Gasteiger charge is -2.24. The number of methoxy groups -OCH3 is 1. The molecule has 2 aromatic heterocycles. The molecule has 8 heteroatoms. The second-order valence-electron chi connectivity index (χ2n) is 6.61. The molecule has 3 aromatic rings. The van der Waals surface area contributed by atoms with E-state index >= 15 is 0 Å². The molecule has 3 heterocycles. The van der Waals surface area contributed by atoms with Gasteiger partial charge in [0.2, 0.25) is 5.88 Å². The molecule has 0 amide bonds. The molecular formula is C21H17ClN2O5. The Morgan fingerprint density at radius 3 is 2.93 bits per heavy atom. The lowest BCUT2D eigenvalue weighted by molar-refractivity contribution is -0.140. The first-order chi connectivity index (χ1) is 14.0. The number of aromatic nitrogens is 2. The molecule has 0 unspecified atom stereocenters. The van der Waals surface area contributed by atoms with Gasteiger partial charge in [-0.15, -0.1) is 0 Å². The molecule has 4 rings (SSSR count). The monoisotopic (exact) mass is 412 g/mol. The van der Waals surface area contributed by atoms with Crippen molar-refractivity contribution in [3.63, 3.8) is 0 Å². The van der Waals surface area contributed by atoms with Crippen LogP contribution in [0, 0.1) is 0 Å². The normalized spacial score (nSPS) is 13.9. The van der Waals surface area contributed by atoms with E-state index in [0.717, 1.165) is 5.56 Å². The number of rotatable bonds is 4. The number of ether oxygens (including phenoxy) is 2. The number of benzene rings is 1. The number of hydrogen-bond acceptors (Lipinski definition) is 6. The van der Waals surface area contributed by atoms with Crippen molar-refractivity contribution in [2.24, 2.45) is 0 Å². The molecule has 0 saturated carbocycles. The van der Waals surface area contributed by atoms with Crippen LogP contribution in [0.25, 0.3) is 11.7 Å². The van der Waals surface area contributed by atoms with Crippen LogP contribution in [-0.2, 0) is 9.53 Å². The Morgan fingerprint density at radius 2 is 2.14 bits per heavy atom. The van der Waals surface area contributed by atoms with Crippen molar-refractivity contribution in [2.75, 3.05) is 13.7 Å². The number of aromatic hydroxyl groups is 1. The fraction of sp³-hybridized carbons (Fsp3) is 0.190. The van der Waals surface area contributed by atoms with Crippen LogP contribution < -0.4 is 10.3 Å². The molecule has 1 aromatic carbocycles. The molecular weight excluding hydrogens is 396 g/mol. The van der Waals surface area contributed by atoms with Gasteiger partial charge in [-0.25, -0.2) is 0 Å². The number of carbonyl (C=O) groups is 1. The topological polar surface area (TPSA) is 90.1 Å². The van der Waals surface area contributed by atoms with Gasteiger partial charge in [-0.2, -0.15) is 4.98 Å². The van der Waals surface area contributed by atoms with Crippen LogP contribution in [0.4, 0.5) is 0 Å². The highest BCUT2D eigenvalue weighted by Crippen LogP contribution is 2.36. The smallest absolute Gasteiger partial charge is 0.306 e. The second-order valence-corrected chi connectivity index (χ2v) is 7.04. The second kappa shape index (κ2) is 7.60. The molecule has 0 saturated heterocycles. The van der Waals surface area contributed by atoms with Crippen molar-refractivity contribution in [1.29, 1.82) is 0 Å². The largest absolute Gasteiger partial charge is 0.493 e. The van der Waals surface area contributed by atoms with Gasteiger partial charge in [0.15, 0.2) is 0 Å². The zero-order chi connectivity index (χ0) is 20.5. The van der Waals surface area contributed by atoms with Gasteiger partial charge in [0, 0.05) is 17.7 Å². The first kappa shape index (κ1) is 19.0. The minimum atomic E-state index is -0.772. The highest BCUT2D eigenvalue weighted by atomic mass is 35.5. The number of hydrogen-bond donors (Lipinski definition) is 1. The van der Waals surface area contributed by atoms with Gasteiger partial charge in [0.25, 0.3) is 5.56 Å². The summed E-state index contributed by atoms with van der Waals surface area (Å²) >= 11 is 6.02. The summed E-state index contributed by atoms with van der Waals surface area (Å²) in [5, 5.41) is 10.9. The van der Waals surface area contributed by atoms with Crippen LogP contribution in [0.3, 0.4) is 0 Å². The molecule has 1 aliphatic heterocycles. The van der Waals surface area contributed by atoms with E-state index < -0.39 is 23.3 Å². The predicted molar refractivity (Wildman–Crippen MR) is 107 cm³/mol. The SMILES string of the molecule is COC(=O)C[C@@H](C1=Cc2ccccc2OC1)c1c(O)nc2ccc(Cl)cn2c1=O. The minimum Gasteiger partial charge on any atom is -0.493 e. The van der Waals surface area contributed by atoms with Crippen molar-refractivity contribution >= 4 is 29.3 Å². The van der Waals surface area contributed by atoms with E-state index in [4.69, 9.17) is 21.1 Å². The standard InChI is InChI=1S/C21H17ClN2O5/c1-28-18(25)9-15(13-8-12-4-2-3-5-16(12)29-11-13)19-20(26)23-17-7-6-14(22)10-24(17)21(19)27/h2-8,10,15,26H,9,11H2,1H3/t15-/m0/s1. The Morgan fingerprint density at radius 1 is 1.34 bits per heavy atom. The maximum absolute atomic E-state index is 13.2. The fourth-order valence-corrected chi connectivity index (χ4v) is 3.58. The number of halogens is 1. The third-order valence-electron chi connectivity index (χ3n) is 4.85. The van der Waals surface area contributed by atoms with Crippen LogP contribution in [0.15, 0.2) is 53.0 Å². The molecule has 0 fully saturated rings. The average molecular weight is 413 g/mol. The molecule has 0 spiro atoms. The predicted octanol–water partition coefficient (Wildman–Crippen LogP) is 3.18. The Kier molecular flexibility index (Phi) is 4.98. The van der Waals surface area contributed by atoms with Crippen molar-refractivity contribution < 1.29 is 19.4 Å². The summed E-state index contributed by atoms with van der Waals surface area (Å²) < 4.78 is 11.8. The van der Waals surface area contributed by atoms with Gasteiger partial charge < -0.3 is 14.6 Å². The van der Waals surface area contributed by atoms with Gasteiger partial charge in [-0.05, 0) is 29.8 Å². The summed E-state index contributed by atoms with van der Waals surface area (Å²) in [6, 6.07) is 10.5. The van der Waals surface area contributed by atoms with Gasteiger partial charge >= 0.3 is 5.97 Å². The van der Waals surface area contributed by atoms with Crippen LogP contribution in [-0.4, -0.2) is 34.2 Å².